The highest BCUT2D eigenvalue weighted by atomic mass is 15.5. The minimum Gasteiger partial charge on any atom is -0.344 e. The van der Waals surface area contributed by atoms with Crippen LogP contribution in [0.5, 0.6) is 0 Å². The third-order valence-electron chi connectivity index (χ3n) is 3.63. The van der Waals surface area contributed by atoms with E-state index in [1.807, 2.05) is 20.2 Å². The summed E-state index contributed by atoms with van der Waals surface area (Å²) in [5, 5.41) is 3.34. The lowest BCUT2D eigenvalue weighted by molar-refractivity contribution is 0.762. The van der Waals surface area contributed by atoms with Crippen molar-refractivity contribution in [2.75, 3.05) is 31.1 Å². The molecule has 0 radical (unpaired) electrons. The van der Waals surface area contributed by atoms with E-state index in [1.54, 1.807) is 0 Å². The van der Waals surface area contributed by atoms with Gasteiger partial charge in [0.25, 0.3) is 0 Å². The Hall–Kier alpha value is -2.42. The number of fused-ring (bicyclic) bond motifs is 1. The zero-order chi connectivity index (χ0) is 14.1. The van der Waals surface area contributed by atoms with Gasteiger partial charge in [-0.25, -0.2) is 0 Å². The summed E-state index contributed by atoms with van der Waals surface area (Å²) in [4.78, 5) is 2.22. The zero-order valence-electron chi connectivity index (χ0n) is 12.1. The maximum absolute atomic E-state index is 2.22. The normalized spacial score (nSPS) is 10.8. The molecule has 0 saturated carbocycles. The predicted octanol–water partition coefficient (Wildman–Crippen LogP) is 3.61. The average molecular weight is 265 g/mol. The SMILES string of the molecule is CN(c1ccccc1)c1cccc2c1ccn2N(C)C. The van der Waals surface area contributed by atoms with Crippen LogP contribution in [-0.2, 0) is 0 Å². The van der Waals surface area contributed by atoms with Crippen LogP contribution in [-0.4, -0.2) is 25.8 Å². The monoisotopic (exact) mass is 265 g/mol. The number of para-hydroxylation sites is 1. The molecule has 0 aliphatic heterocycles. The van der Waals surface area contributed by atoms with Gasteiger partial charge in [0, 0.05) is 38.4 Å². The lowest BCUT2D eigenvalue weighted by Crippen LogP contribution is -2.23. The molecule has 3 heteroatoms. The smallest absolute Gasteiger partial charge is 0.0715 e. The molecule has 3 nitrogen and oxygen atoms in total. The van der Waals surface area contributed by atoms with Gasteiger partial charge >= 0.3 is 0 Å². The highest BCUT2D eigenvalue weighted by Crippen LogP contribution is 2.31. The van der Waals surface area contributed by atoms with Crippen molar-refractivity contribution in [2.24, 2.45) is 0 Å². The topological polar surface area (TPSA) is 11.4 Å². The largest absolute Gasteiger partial charge is 0.344 e. The second-order valence-electron chi connectivity index (χ2n) is 5.11. The number of hydrogen-bond acceptors (Lipinski definition) is 2. The molecule has 0 aliphatic rings. The van der Waals surface area contributed by atoms with Crippen LogP contribution in [0.15, 0.2) is 60.8 Å². The first-order chi connectivity index (χ1) is 9.68. The number of aromatic nitrogens is 1. The van der Waals surface area contributed by atoms with Gasteiger partial charge in [-0.05, 0) is 30.3 Å². The fourth-order valence-corrected chi connectivity index (χ4v) is 2.57. The number of nitrogens with zero attached hydrogens (tertiary/aromatic N) is 3. The Labute approximate surface area is 119 Å². The van der Waals surface area contributed by atoms with Crippen LogP contribution in [0, 0.1) is 0 Å². The molecule has 1 aromatic heterocycles. The molecule has 0 fully saturated rings. The lowest BCUT2D eigenvalue weighted by Gasteiger charge is -2.21. The molecular weight excluding hydrogens is 246 g/mol. The molecule has 0 unspecified atom stereocenters. The van der Waals surface area contributed by atoms with Gasteiger partial charge in [0.2, 0.25) is 0 Å². The highest BCUT2D eigenvalue weighted by molar-refractivity contribution is 5.94. The van der Waals surface area contributed by atoms with Gasteiger partial charge in [0.1, 0.15) is 0 Å². The molecule has 3 rings (SSSR count). The first-order valence-corrected chi connectivity index (χ1v) is 6.75. The Kier molecular flexibility index (Phi) is 3.11. The van der Waals surface area contributed by atoms with Gasteiger partial charge in [-0.1, -0.05) is 24.3 Å². The third kappa shape index (κ3) is 2.01. The zero-order valence-corrected chi connectivity index (χ0v) is 12.1. The van der Waals surface area contributed by atoms with Gasteiger partial charge < -0.3 is 9.91 Å². The molecule has 0 aliphatic carbocycles. The van der Waals surface area contributed by atoms with E-state index >= 15 is 0 Å². The number of rotatable bonds is 3. The standard InChI is InChI=1S/C17H19N3/c1-18(2)20-13-12-15-16(10-7-11-17(15)20)19(3)14-8-5-4-6-9-14/h4-13H,1-3H3. The summed E-state index contributed by atoms with van der Waals surface area (Å²) in [6.45, 7) is 0. The van der Waals surface area contributed by atoms with Crippen molar-refractivity contribution < 1.29 is 0 Å². The third-order valence-corrected chi connectivity index (χ3v) is 3.63. The Morgan fingerprint density at radius 3 is 2.25 bits per heavy atom. The molecule has 2 aromatic carbocycles. The fraction of sp³-hybridized carbons (Fsp3) is 0.176. The maximum Gasteiger partial charge on any atom is 0.0715 e. The van der Waals surface area contributed by atoms with Crippen LogP contribution < -0.4 is 9.91 Å². The van der Waals surface area contributed by atoms with Gasteiger partial charge in [0.15, 0.2) is 0 Å². The minimum absolute atomic E-state index is 1.19. The Morgan fingerprint density at radius 2 is 1.55 bits per heavy atom. The summed E-state index contributed by atoms with van der Waals surface area (Å²) in [7, 11) is 6.21. The van der Waals surface area contributed by atoms with E-state index < -0.39 is 0 Å². The van der Waals surface area contributed by atoms with Gasteiger partial charge in [-0.3, -0.25) is 4.68 Å². The van der Waals surface area contributed by atoms with E-state index in [9.17, 15) is 0 Å². The van der Waals surface area contributed by atoms with Crippen LogP contribution >= 0.6 is 0 Å². The van der Waals surface area contributed by atoms with Crippen molar-refractivity contribution in [1.82, 2.24) is 4.68 Å². The molecule has 0 saturated heterocycles. The van der Waals surface area contributed by atoms with Crippen molar-refractivity contribution in [3.63, 3.8) is 0 Å². The van der Waals surface area contributed by atoms with Crippen LogP contribution in [0.2, 0.25) is 0 Å². The number of anilines is 2. The minimum atomic E-state index is 1.19. The van der Waals surface area contributed by atoms with Gasteiger partial charge in [-0.2, -0.15) is 0 Å². The summed E-state index contributed by atoms with van der Waals surface area (Å²) >= 11 is 0. The molecule has 102 valence electrons. The van der Waals surface area contributed by atoms with Crippen LogP contribution in [0.3, 0.4) is 0 Å². The second-order valence-corrected chi connectivity index (χ2v) is 5.11. The lowest BCUT2D eigenvalue weighted by atomic mass is 10.2. The molecule has 1 heterocycles. The second kappa shape index (κ2) is 4.93. The van der Waals surface area contributed by atoms with E-state index in [-0.39, 0.29) is 0 Å². The van der Waals surface area contributed by atoms with Crippen LogP contribution in [0.4, 0.5) is 11.4 Å². The summed E-state index contributed by atoms with van der Waals surface area (Å²) in [5.74, 6) is 0. The molecule has 0 bridgehead atoms. The van der Waals surface area contributed by atoms with Gasteiger partial charge in [-0.15, -0.1) is 0 Å². The quantitative estimate of drug-likeness (QED) is 0.716. The van der Waals surface area contributed by atoms with E-state index in [0.29, 0.717) is 0 Å². The first kappa shape index (κ1) is 12.6. The van der Waals surface area contributed by atoms with E-state index in [4.69, 9.17) is 0 Å². The Bertz CT molecular complexity index is 713. The van der Waals surface area contributed by atoms with Crippen LogP contribution in [0.25, 0.3) is 10.9 Å². The van der Waals surface area contributed by atoms with Crippen molar-refractivity contribution in [3.8, 4) is 0 Å². The molecular formula is C17H19N3. The van der Waals surface area contributed by atoms with E-state index in [1.165, 1.54) is 22.3 Å². The molecule has 3 aromatic rings. The van der Waals surface area contributed by atoms with Crippen molar-refractivity contribution in [1.29, 1.82) is 0 Å². The summed E-state index contributed by atoms with van der Waals surface area (Å²) in [6, 6.07) is 19.0. The average Bonchev–Trinajstić information content (AvgIpc) is 2.91. The molecule has 0 spiro atoms. The van der Waals surface area contributed by atoms with Crippen LogP contribution in [0.1, 0.15) is 0 Å². The molecule has 0 amide bonds. The number of benzene rings is 2. The predicted molar refractivity (Wildman–Crippen MR) is 86.5 cm³/mol. The molecule has 0 N–H and O–H groups in total. The first-order valence-electron chi connectivity index (χ1n) is 6.75. The summed E-state index contributed by atoms with van der Waals surface area (Å²) in [6.07, 6.45) is 2.10. The van der Waals surface area contributed by atoms with E-state index in [2.05, 4.69) is 76.4 Å². The maximum atomic E-state index is 2.22. The summed E-state index contributed by atoms with van der Waals surface area (Å²) in [5.41, 5.74) is 3.63. The number of hydrogen-bond donors (Lipinski definition) is 0. The van der Waals surface area contributed by atoms with E-state index in [0.717, 1.165) is 0 Å². The van der Waals surface area contributed by atoms with Crippen molar-refractivity contribution in [2.45, 2.75) is 0 Å². The fourth-order valence-electron chi connectivity index (χ4n) is 2.57. The van der Waals surface area contributed by atoms with Gasteiger partial charge in [0.05, 0.1) is 11.2 Å². The summed E-state index contributed by atoms with van der Waals surface area (Å²) < 4.78 is 2.15. The molecule has 0 atom stereocenters. The molecule has 20 heavy (non-hydrogen) atoms. The highest BCUT2D eigenvalue weighted by Gasteiger charge is 2.10. The Balaban J connectivity index is 2.13. The Morgan fingerprint density at radius 1 is 0.800 bits per heavy atom. The van der Waals surface area contributed by atoms with Crippen molar-refractivity contribution in [3.05, 3.63) is 60.8 Å². The van der Waals surface area contributed by atoms with Crippen molar-refractivity contribution >= 4 is 22.3 Å².